The van der Waals surface area contributed by atoms with E-state index in [1.54, 1.807) is 0 Å². The lowest BCUT2D eigenvalue weighted by Gasteiger charge is -2.23. The summed E-state index contributed by atoms with van der Waals surface area (Å²) in [6.45, 7) is 0. The molecule has 0 unspecified atom stereocenters. The standard InChI is InChI=1S/C48H34ClP/c49-50(41-31-43(35-19-7-1-8-20-35)47(39-27-15-5-16-28-39)44(32-41)36-21-9-2-10-22-36)42-33-45(37-23-11-3-12-24-37)48(40-29-17-6-18-30-40)46(34-42)38-25-13-4-14-26-38/h1-34H. The minimum atomic E-state index is -1.29. The summed E-state index contributed by atoms with van der Waals surface area (Å²) in [6.07, 6.45) is 0. The second-order valence-corrected chi connectivity index (χ2v) is 14.9. The Hall–Kier alpha value is -5.52. The fraction of sp³-hybridized carbons (Fsp3) is 0. The molecule has 0 amide bonds. The molecule has 0 spiro atoms. The second-order valence-electron chi connectivity index (χ2n) is 12.3. The minimum absolute atomic E-state index is 1.12. The van der Waals surface area contributed by atoms with Crippen molar-refractivity contribution < 1.29 is 0 Å². The third-order valence-corrected chi connectivity index (χ3v) is 11.8. The van der Waals surface area contributed by atoms with Gasteiger partial charge >= 0.3 is 0 Å². The summed E-state index contributed by atoms with van der Waals surface area (Å²) in [7, 11) is -1.29. The molecular formula is C48H34ClP. The van der Waals surface area contributed by atoms with Crippen LogP contribution in [0.2, 0.25) is 0 Å². The summed E-state index contributed by atoms with van der Waals surface area (Å²) in [6, 6.07) is 73.6. The fourth-order valence-corrected chi connectivity index (χ4v) is 8.70. The highest BCUT2D eigenvalue weighted by molar-refractivity contribution is 7.95. The summed E-state index contributed by atoms with van der Waals surface area (Å²) in [5.74, 6) is 0. The molecule has 0 heterocycles. The van der Waals surface area contributed by atoms with Gasteiger partial charge in [-0.1, -0.05) is 193 Å². The maximum Gasteiger partial charge on any atom is 0.0525 e. The highest BCUT2D eigenvalue weighted by Crippen LogP contribution is 2.48. The molecular weight excluding hydrogens is 643 g/mol. The van der Waals surface area contributed by atoms with E-state index in [4.69, 9.17) is 11.2 Å². The zero-order valence-electron chi connectivity index (χ0n) is 27.5. The fourth-order valence-electron chi connectivity index (χ4n) is 6.84. The molecule has 0 bridgehead atoms. The van der Waals surface area contributed by atoms with Crippen LogP contribution < -0.4 is 10.6 Å². The molecule has 0 N–H and O–H groups in total. The highest BCUT2D eigenvalue weighted by atomic mass is 35.7. The molecule has 8 aromatic carbocycles. The van der Waals surface area contributed by atoms with Crippen LogP contribution in [-0.4, -0.2) is 0 Å². The second kappa shape index (κ2) is 14.5. The Balaban J connectivity index is 1.40. The molecule has 0 aliphatic heterocycles. The zero-order valence-corrected chi connectivity index (χ0v) is 29.1. The van der Waals surface area contributed by atoms with Crippen LogP contribution in [0.4, 0.5) is 0 Å². The smallest absolute Gasteiger partial charge is 0.0525 e. The molecule has 0 aromatic heterocycles. The quantitative estimate of drug-likeness (QED) is 0.141. The Labute approximate surface area is 300 Å². The summed E-state index contributed by atoms with van der Waals surface area (Å²) >= 11 is 7.83. The molecule has 238 valence electrons. The molecule has 50 heavy (non-hydrogen) atoms. The van der Waals surface area contributed by atoms with Crippen LogP contribution in [0, 0.1) is 0 Å². The van der Waals surface area contributed by atoms with Crippen LogP contribution in [0.15, 0.2) is 206 Å². The van der Waals surface area contributed by atoms with Gasteiger partial charge in [0.25, 0.3) is 0 Å². The third kappa shape index (κ3) is 6.45. The van der Waals surface area contributed by atoms with Crippen molar-refractivity contribution in [2.24, 2.45) is 0 Å². The van der Waals surface area contributed by atoms with Gasteiger partial charge in [0.2, 0.25) is 0 Å². The molecule has 0 saturated carbocycles. The molecule has 8 aromatic rings. The lowest BCUT2D eigenvalue weighted by Crippen LogP contribution is -2.12. The van der Waals surface area contributed by atoms with Crippen molar-refractivity contribution in [2.45, 2.75) is 0 Å². The van der Waals surface area contributed by atoms with Gasteiger partial charge in [-0.3, -0.25) is 0 Å². The normalized spacial score (nSPS) is 11.1. The lowest BCUT2D eigenvalue weighted by molar-refractivity contribution is 1.57. The first-order valence-electron chi connectivity index (χ1n) is 16.9. The first-order chi connectivity index (χ1) is 24.7. The van der Waals surface area contributed by atoms with Gasteiger partial charge in [-0.25, -0.2) is 0 Å². The van der Waals surface area contributed by atoms with Crippen LogP contribution in [0.1, 0.15) is 0 Å². The average Bonchev–Trinajstić information content (AvgIpc) is 3.21. The van der Waals surface area contributed by atoms with E-state index in [0.29, 0.717) is 0 Å². The molecule has 0 fully saturated rings. The monoisotopic (exact) mass is 676 g/mol. The van der Waals surface area contributed by atoms with Gasteiger partial charge in [-0.05, 0) is 102 Å². The molecule has 0 atom stereocenters. The van der Waals surface area contributed by atoms with Crippen molar-refractivity contribution in [1.29, 1.82) is 0 Å². The van der Waals surface area contributed by atoms with E-state index < -0.39 is 7.27 Å². The van der Waals surface area contributed by atoms with E-state index in [9.17, 15) is 0 Å². The number of halogens is 1. The van der Waals surface area contributed by atoms with Crippen LogP contribution in [-0.2, 0) is 0 Å². The first kappa shape index (κ1) is 31.7. The number of rotatable bonds is 8. The van der Waals surface area contributed by atoms with Crippen LogP contribution in [0.3, 0.4) is 0 Å². The number of benzene rings is 8. The van der Waals surface area contributed by atoms with E-state index in [1.807, 2.05) is 0 Å². The van der Waals surface area contributed by atoms with Gasteiger partial charge in [0, 0.05) is 0 Å². The number of hydrogen-bond donors (Lipinski definition) is 0. The average molecular weight is 677 g/mol. The summed E-state index contributed by atoms with van der Waals surface area (Å²) in [5.41, 5.74) is 14.1. The summed E-state index contributed by atoms with van der Waals surface area (Å²) < 4.78 is 0. The zero-order chi connectivity index (χ0) is 33.7. The highest BCUT2D eigenvalue weighted by Gasteiger charge is 2.23. The van der Waals surface area contributed by atoms with Gasteiger partial charge in [0.05, 0.1) is 7.27 Å². The van der Waals surface area contributed by atoms with Gasteiger partial charge in [-0.15, -0.1) is 0 Å². The van der Waals surface area contributed by atoms with E-state index >= 15 is 0 Å². The van der Waals surface area contributed by atoms with Crippen molar-refractivity contribution in [3.63, 3.8) is 0 Å². The van der Waals surface area contributed by atoms with Crippen molar-refractivity contribution in [1.82, 2.24) is 0 Å². The van der Waals surface area contributed by atoms with Gasteiger partial charge in [-0.2, -0.15) is 0 Å². The van der Waals surface area contributed by atoms with Gasteiger partial charge in [0.1, 0.15) is 0 Å². The van der Waals surface area contributed by atoms with E-state index in [-0.39, 0.29) is 0 Å². The van der Waals surface area contributed by atoms with Gasteiger partial charge in [0.15, 0.2) is 0 Å². The molecule has 0 radical (unpaired) electrons. The summed E-state index contributed by atoms with van der Waals surface area (Å²) in [4.78, 5) is 0. The lowest BCUT2D eigenvalue weighted by atomic mass is 9.87. The van der Waals surface area contributed by atoms with Crippen LogP contribution in [0.5, 0.6) is 0 Å². The largest absolute Gasteiger partial charge is 0.0859 e. The SMILES string of the molecule is ClP(c1cc(-c2ccccc2)c(-c2ccccc2)c(-c2ccccc2)c1)c1cc(-c2ccccc2)c(-c2ccccc2)c(-c2ccccc2)c1. The predicted octanol–water partition coefficient (Wildman–Crippen LogP) is 13.3. The molecule has 0 aliphatic rings. The van der Waals surface area contributed by atoms with E-state index in [0.717, 1.165) is 10.6 Å². The molecule has 0 nitrogen and oxygen atoms in total. The first-order valence-corrected chi connectivity index (χ1v) is 19.1. The summed E-state index contributed by atoms with van der Waals surface area (Å²) in [5, 5.41) is 2.23. The molecule has 0 aliphatic carbocycles. The van der Waals surface area contributed by atoms with Crippen LogP contribution >= 0.6 is 18.5 Å². The topological polar surface area (TPSA) is 0 Å². The van der Waals surface area contributed by atoms with Crippen LogP contribution in [0.25, 0.3) is 66.8 Å². The van der Waals surface area contributed by atoms with E-state index in [1.165, 1.54) is 66.8 Å². The Kier molecular flexibility index (Phi) is 9.22. The Morgan fingerprint density at radius 3 is 0.680 bits per heavy atom. The minimum Gasteiger partial charge on any atom is -0.0859 e. The van der Waals surface area contributed by atoms with Crippen molar-refractivity contribution >= 4 is 29.1 Å². The predicted molar refractivity (Wildman–Crippen MR) is 218 cm³/mol. The Bertz CT molecular complexity index is 2050. The van der Waals surface area contributed by atoms with Gasteiger partial charge < -0.3 is 0 Å². The maximum atomic E-state index is 7.83. The number of hydrogen-bond acceptors (Lipinski definition) is 0. The maximum absolute atomic E-state index is 7.83. The molecule has 8 rings (SSSR count). The van der Waals surface area contributed by atoms with Crippen molar-refractivity contribution in [3.05, 3.63) is 206 Å². The molecule has 0 saturated heterocycles. The Morgan fingerprint density at radius 2 is 0.460 bits per heavy atom. The van der Waals surface area contributed by atoms with E-state index in [2.05, 4.69) is 206 Å². The van der Waals surface area contributed by atoms with Crippen molar-refractivity contribution in [2.75, 3.05) is 0 Å². The Morgan fingerprint density at radius 1 is 0.260 bits per heavy atom. The van der Waals surface area contributed by atoms with Crippen molar-refractivity contribution in [3.8, 4) is 66.8 Å². The molecule has 2 heteroatoms. The third-order valence-electron chi connectivity index (χ3n) is 9.16.